The Hall–Kier alpha value is -0.560. The van der Waals surface area contributed by atoms with E-state index in [2.05, 4.69) is 59.3 Å². The molecule has 0 aliphatic rings. The number of benzene rings is 1. The molecule has 1 rings (SSSR count). The standard InChI is InChI=1S/C12H15Br/c1-2-11-6-8-12(9-7-11)5-3-4-10-13/h3,5-9H,2,4,10H2,1H3/b5-3+. The highest BCUT2D eigenvalue weighted by Gasteiger charge is 1.88. The molecule has 0 radical (unpaired) electrons. The lowest BCUT2D eigenvalue weighted by atomic mass is 10.1. The van der Waals surface area contributed by atoms with Crippen LogP contribution in [0.15, 0.2) is 30.3 Å². The largest absolute Gasteiger partial charge is 0.0925 e. The Kier molecular flexibility index (Phi) is 4.84. The van der Waals surface area contributed by atoms with Gasteiger partial charge < -0.3 is 0 Å². The fourth-order valence-corrected chi connectivity index (χ4v) is 1.41. The molecule has 0 heterocycles. The summed E-state index contributed by atoms with van der Waals surface area (Å²) in [5.41, 5.74) is 2.69. The summed E-state index contributed by atoms with van der Waals surface area (Å²) >= 11 is 3.39. The maximum Gasteiger partial charge on any atom is 0.00660 e. The molecule has 0 atom stereocenters. The number of allylic oxidation sites excluding steroid dienone is 1. The van der Waals surface area contributed by atoms with Crippen molar-refractivity contribution in [1.82, 2.24) is 0 Å². The lowest BCUT2D eigenvalue weighted by molar-refractivity contribution is 1.14. The third kappa shape index (κ3) is 3.77. The molecule has 70 valence electrons. The SMILES string of the molecule is CCc1ccc(/C=C/CCBr)cc1. The van der Waals surface area contributed by atoms with Crippen molar-refractivity contribution in [2.24, 2.45) is 0 Å². The average Bonchev–Trinajstić information content (AvgIpc) is 2.19. The van der Waals surface area contributed by atoms with Crippen LogP contribution in [0.1, 0.15) is 24.5 Å². The van der Waals surface area contributed by atoms with Gasteiger partial charge in [-0.2, -0.15) is 0 Å². The van der Waals surface area contributed by atoms with E-state index in [4.69, 9.17) is 0 Å². The Balaban J connectivity index is 2.58. The van der Waals surface area contributed by atoms with Gasteiger partial charge in [0.05, 0.1) is 0 Å². The molecule has 0 saturated carbocycles. The van der Waals surface area contributed by atoms with E-state index >= 15 is 0 Å². The van der Waals surface area contributed by atoms with Gasteiger partial charge in [0.1, 0.15) is 0 Å². The molecule has 1 aromatic rings. The van der Waals surface area contributed by atoms with Crippen molar-refractivity contribution in [3.8, 4) is 0 Å². The molecule has 0 fully saturated rings. The van der Waals surface area contributed by atoms with Gasteiger partial charge in [-0.25, -0.2) is 0 Å². The van der Waals surface area contributed by atoms with Crippen LogP contribution in [-0.4, -0.2) is 5.33 Å². The number of alkyl halides is 1. The molecule has 0 aliphatic carbocycles. The maximum absolute atomic E-state index is 3.39. The van der Waals surface area contributed by atoms with Gasteiger partial charge in [0, 0.05) is 5.33 Å². The summed E-state index contributed by atoms with van der Waals surface area (Å²) in [5, 5.41) is 1.04. The smallest absolute Gasteiger partial charge is 0.00660 e. The first kappa shape index (κ1) is 10.5. The van der Waals surface area contributed by atoms with Crippen LogP contribution in [0.3, 0.4) is 0 Å². The summed E-state index contributed by atoms with van der Waals surface area (Å²) in [6.45, 7) is 2.18. The molecule has 0 saturated heterocycles. The minimum Gasteiger partial charge on any atom is -0.0925 e. The van der Waals surface area contributed by atoms with Gasteiger partial charge in [-0.05, 0) is 24.0 Å². The minimum absolute atomic E-state index is 1.04. The van der Waals surface area contributed by atoms with Crippen molar-refractivity contribution in [2.75, 3.05) is 5.33 Å². The second-order valence-corrected chi connectivity index (χ2v) is 3.77. The summed E-state index contributed by atoms with van der Waals surface area (Å²) in [6, 6.07) is 8.72. The van der Waals surface area contributed by atoms with Gasteiger partial charge in [-0.3, -0.25) is 0 Å². The lowest BCUT2D eigenvalue weighted by Gasteiger charge is -1.96. The normalized spacial score (nSPS) is 10.9. The number of hydrogen-bond acceptors (Lipinski definition) is 0. The summed E-state index contributed by atoms with van der Waals surface area (Å²) in [4.78, 5) is 0. The second kappa shape index (κ2) is 5.98. The molecular formula is C12H15Br. The molecule has 1 aromatic carbocycles. The molecule has 0 aromatic heterocycles. The molecule has 0 bridgehead atoms. The van der Waals surface area contributed by atoms with E-state index in [1.54, 1.807) is 0 Å². The Morgan fingerprint density at radius 1 is 1.23 bits per heavy atom. The lowest BCUT2D eigenvalue weighted by Crippen LogP contribution is -1.79. The van der Waals surface area contributed by atoms with Gasteiger partial charge in [0.15, 0.2) is 0 Å². The Morgan fingerprint density at radius 3 is 2.46 bits per heavy atom. The van der Waals surface area contributed by atoms with Gasteiger partial charge in [-0.1, -0.05) is 59.3 Å². The molecule has 0 aliphatic heterocycles. The predicted molar refractivity (Wildman–Crippen MR) is 63.3 cm³/mol. The predicted octanol–water partition coefficient (Wildman–Crippen LogP) is 4.05. The fourth-order valence-electron chi connectivity index (χ4n) is 1.15. The van der Waals surface area contributed by atoms with Crippen molar-refractivity contribution >= 4 is 22.0 Å². The fraction of sp³-hybridized carbons (Fsp3) is 0.333. The molecule has 0 amide bonds. The van der Waals surface area contributed by atoms with Crippen molar-refractivity contribution in [2.45, 2.75) is 19.8 Å². The van der Waals surface area contributed by atoms with E-state index < -0.39 is 0 Å². The van der Waals surface area contributed by atoms with Crippen LogP contribution in [0.5, 0.6) is 0 Å². The highest BCUT2D eigenvalue weighted by atomic mass is 79.9. The quantitative estimate of drug-likeness (QED) is 0.695. The van der Waals surface area contributed by atoms with Crippen LogP contribution >= 0.6 is 15.9 Å². The van der Waals surface area contributed by atoms with Crippen LogP contribution < -0.4 is 0 Å². The second-order valence-electron chi connectivity index (χ2n) is 2.98. The first-order chi connectivity index (χ1) is 6.36. The van der Waals surface area contributed by atoms with Crippen molar-refractivity contribution < 1.29 is 0 Å². The minimum atomic E-state index is 1.04. The third-order valence-corrected chi connectivity index (χ3v) is 2.43. The highest BCUT2D eigenvalue weighted by molar-refractivity contribution is 9.09. The topological polar surface area (TPSA) is 0 Å². The molecule has 0 unspecified atom stereocenters. The van der Waals surface area contributed by atoms with Gasteiger partial charge >= 0.3 is 0 Å². The molecule has 0 nitrogen and oxygen atoms in total. The number of rotatable bonds is 4. The summed E-state index contributed by atoms with van der Waals surface area (Å²) < 4.78 is 0. The molecule has 13 heavy (non-hydrogen) atoms. The maximum atomic E-state index is 3.39. The Bertz CT molecular complexity index is 259. The van der Waals surface area contributed by atoms with Crippen LogP contribution in [0, 0.1) is 0 Å². The summed E-state index contributed by atoms with van der Waals surface area (Å²) in [5.74, 6) is 0. The molecule has 0 spiro atoms. The first-order valence-corrected chi connectivity index (χ1v) is 5.80. The molecular weight excluding hydrogens is 224 g/mol. The third-order valence-electron chi connectivity index (χ3n) is 1.97. The number of aryl methyl sites for hydroxylation is 1. The summed E-state index contributed by atoms with van der Waals surface area (Å²) in [6.07, 6.45) is 6.57. The zero-order valence-electron chi connectivity index (χ0n) is 7.96. The summed E-state index contributed by atoms with van der Waals surface area (Å²) in [7, 11) is 0. The first-order valence-electron chi connectivity index (χ1n) is 4.68. The number of hydrogen-bond donors (Lipinski definition) is 0. The number of halogens is 1. The monoisotopic (exact) mass is 238 g/mol. The molecule has 0 N–H and O–H groups in total. The van der Waals surface area contributed by atoms with Crippen molar-refractivity contribution in [3.05, 3.63) is 41.5 Å². The van der Waals surface area contributed by atoms with E-state index in [1.807, 2.05) is 0 Å². The van der Waals surface area contributed by atoms with E-state index in [0.717, 1.165) is 18.2 Å². The highest BCUT2D eigenvalue weighted by Crippen LogP contribution is 2.07. The molecule has 1 heteroatoms. The van der Waals surface area contributed by atoms with Gasteiger partial charge in [0.25, 0.3) is 0 Å². The van der Waals surface area contributed by atoms with Crippen LogP contribution in [0.4, 0.5) is 0 Å². The van der Waals surface area contributed by atoms with Crippen molar-refractivity contribution in [3.63, 3.8) is 0 Å². The van der Waals surface area contributed by atoms with Crippen molar-refractivity contribution in [1.29, 1.82) is 0 Å². The Morgan fingerprint density at radius 2 is 1.92 bits per heavy atom. The van der Waals surface area contributed by atoms with E-state index in [-0.39, 0.29) is 0 Å². The van der Waals surface area contributed by atoms with Crippen LogP contribution in [0.2, 0.25) is 0 Å². The van der Waals surface area contributed by atoms with E-state index in [1.165, 1.54) is 11.1 Å². The van der Waals surface area contributed by atoms with Gasteiger partial charge in [0.2, 0.25) is 0 Å². The van der Waals surface area contributed by atoms with Crippen LogP contribution in [0.25, 0.3) is 6.08 Å². The average molecular weight is 239 g/mol. The van der Waals surface area contributed by atoms with Gasteiger partial charge in [-0.15, -0.1) is 0 Å². The van der Waals surface area contributed by atoms with Crippen LogP contribution in [-0.2, 0) is 6.42 Å². The van der Waals surface area contributed by atoms with E-state index in [0.29, 0.717) is 0 Å². The van der Waals surface area contributed by atoms with E-state index in [9.17, 15) is 0 Å². The zero-order valence-corrected chi connectivity index (χ0v) is 9.55. The zero-order chi connectivity index (χ0) is 9.52. The Labute approximate surface area is 88.8 Å².